The predicted octanol–water partition coefficient (Wildman–Crippen LogP) is 4.12. The number of rotatable bonds is 2. The van der Waals surface area contributed by atoms with Crippen LogP contribution in [0.2, 0.25) is 0 Å². The van der Waals surface area contributed by atoms with Crippen LogP contribution in [0, 0.1) is 6.92 Å². The fourth-order valence-electron chi connectivity index (χ4n) is 1.13. The van der Waals surface area contributed by atoms with Crippen molar-refractivity contribution in [2.24, 2.45) is 0 Å². The summed E-state index contributed by atoms with van der Waals surface area (Å²) in [6.45, 7) is 2.02. The number of aryl methyl sites for hydroxylation is 1. The first-order chi connectivity index (χ1) is 7.08. The maximum atomic E-state index is 10.1. The Balaban J connectivity index is 2.31. The summed E-state index contributed by atoms with van der Waals surface area (Å²) < 4.78 is 1.81. The monoisotopic (exact) mass is 367 g/mol. The average molecular weight is 369 g/mol. The number of hydrogen-bond donors (Lipinski definition) is 1. The first-order valence-electron chi connectivity index (χ1n) is 4.12. The maximum absolute atomic E-state index is 10.1. The first-order valence-corrected chi connectivity index (χ1v) is 7.41. The van der Waals surface area contributed by atoms with Crippen LogP contribution in [0.15, 0.2) is 20.5 Å². The molecule has 2 aromatic heterocycles. The second-order valence-corrected chi connectivity index (χ2v) is 6.81. The Kier molecular flexibility index (Phi) is 3.62. The molecule has 0 aliphatic heterocycles. The molecule has 0 aliphatic carbocycles. The third kappa shape index (κ3) is 2.50. The van der Waals surface area contributed by atoms with Crippen molar-refractivity contribution in [1.82, 2.24) is 4.98 Å². The van der Waals surface area contributed by atoms with Crippen LogP contribution < -0.4 is 0 Å². The minimum Gasteiger partial charge on any atom is -0.380 e. The summed E-state index contributed by atoms with van der Waals surface area (Å²) in [5, 5.41) is 12.6. The molecule has 2 rings (SSSR count). The molecule has 2 nitrogen and oxygen atoms in total. The van der Waals surface area contributed by atoms with Crippen molar-refractivity contribution in [3.8, 4) is 0 Å². The quantitative estimate of drug-likeness (QED) is 0.864. The standard InChI is InChI=1S/C9H7Br2NOS2/c1-4-5(10)2-6(15-4)8(13)9-12-7(11)3-14-9/h2-3,8,13H,1H3. The minimum absolute atomic E-state index is 0.615. The second kappa shape index (κ2) is 4.63. The maximum Gasteiger partial charge on any atom is 0.140 e. The molecule has 0 saturated carbocycles. The molecule has 1 unspecified atom stereocenters. The van der Waals surface area contributed by atoms with E-state index in [1.807, 2.05) is 18.4 Å². The number of aromatic nitrogens is 1. The summed E-state index contributed by atoms with van der Waals surface area (Å²) in [4.78, 5) is 6.29. The van der Waals surface area contributed by atoms with Gasteiger partial charge in [-0.25, -0.2) is 4.98 Å². The van der Waals surface area contributed by atoms with E-state index in [0.717, 1.165) is 19.0 Å². The zero-order valence-corrected chi connectivity index (χ0v) is 12.5. The first kappa shape index (κ1) is 11.7. The van der Waals surface area contributed by atoms with E-state index in [9.17, 15) is 5.11 Å². The van der Waals surface area contributed by atoms with Crippen molar-refractivity contribution in [2.75, 3.05) is 0 Å². The van der Waals surface area contributed by atoms with E-state index in [0.29, 0.717) is 0 Å². The normalized spacial score (nSPS) is 13.1. The van der Waals surface area contributed by atoms with Crippen LogP contribution in [-0.2, 0) is 0 Å². The molecule has 0 fully saturated rings. The summed E-state index contributed by atoms with van der Waals surface area (Å²) in [6, 6.07) is 1.94. The van der Waals surface area contributed by atoms with Gasteiger partial charge in [0.2, 0.25) is 0 Å². The Morgan fingerprint density at radius 3 is 2.67 bits per heavy atom. The topological polar surface area (TPSA) is 33.1 Å². The third-order valence-corrected chi connectivity index (χ3v) is 5.67. The average Bonchev–Trinajstić information content (AvgIpc) is 2.74. The molecular weight excluding hydrogens is 362 g/mol. The van der Waals surface area contributed by atoms with Crippen LogP contribution in [-0.4, -0.2) is 10.1 Å². The number of aliphatic hydroxyl groups is 1. The largest absolute Gasteiger partial charge is 0.380 e. The number of aliphatic hydroxyl groups excluding tert-OH is 1. The summed E-state index contributed by atoms with van der Waals surface area (Å²) >= 11 is 9.74. The van der Waals surface area contributed by atoms with E-state index in [2.05, 4.69) is 36.8 Å². The molecule has 0 aromatic carbocycles. The van der Waals surface area contributed by atoms with Gasteiger partial charge in [0.05, 0.1) is 0 Å². The lowest BCUT2D eigenvalue weighted by Gasteiger charge is -2.02. The highest BCUT2D eigenvalue weighted by Gasteiger charge is 2.17. The van der Waals surface area contributed by atoms with Crippen LogP contribution in [0.1, 0.15) is 20.9 Å². The molecular formula is C9H7Br2NOS2. The van der Waals surface area contributed by atoms with Crippen LogP contribution >= 0.6 is 54.5 Å². The second-order valence-electron chi connectivity index (χ2n) is 2.96. The van der Waals surface area contributed by atoms with Crippen LogP contribution in [0.5, 0.6) is 0 Å². The van der Waals surface area contributed by atoms with E-state index in [-0.39, 0.29) is 0 Å². The Bertz CT molecular complexity index is 461. The summed E-state index contributed by atoms with van der Waals surface area (Å²) in [5.74, 6) is 0. The fourth-order valence-corrected chi connectivity index (χ4v) is 4.02. The van der Waals surface area contributed by atoms with Gasteiger partial charge >= 0.3 is 0 Å². The summed E-state index contributed by atoms with van der Waals surface area (Å²) in [7, 11) is 0. The van der Waals surface area contributed by atoms with Crippen LogP contribution in [0.4, 0.5) is 0 Å². The Hall–Kier alpha value is 0.250. The molecule has 1 N–H and O–H groups in total. The van der Waals surface area contributed by atoms with Crippen molar-refractivity contribution >= 4 is 54.5 Å². The molecule has 0 amide bonds. The van der Waals surface area contributed by atoms with Gasteiger partial charge in [0.15, 0.2) is 0 Å². The van der Waals surface area contributed by atoms with Crippen molar-refractivity contribution < 1.29 is 5.11 Å². The summed E-state index contributed by atoms with van der Waals surface area (Å²) in [6.07, 6.45) is -0.615. The lowest BCUT2D eigenvalue weighted by atomic mass is 10.3. The zero-order chi connectivity index (χ0) is 11.0. The molecule has 0 bridgehead atoms. The summed E-state index contributed by atoms with van der Waals surface area (Å²) in [5.41, 5.74) is 0. The number of thiophene rings is 1. The van der Waals surface area contributed by atoms with Crippen molar-refractivity contribution in [2.45, 2.75) is 13.0 Å². The predicted molar refractivity (Wildman–Crippen MR) is 70.6 cm³/mol. The van der Waals surface area contributed by atoms with Gasteiger partial charge in [-0.2, -0.15) is 0 Å². The molecule has 6 heteroatoms. The molecule has 1 atom stereocenters. The molecule has 2 heterocycles. The van der Waals surface area contributed by atoms with E-state index >= 15 is 0 Å². The number of thiazole rings is 1. The number of nitrogens with zero attached hydrogens (tertiary/aromatic N) is 1. The van der Waals surface area contributed by atoms with Gasteiger partial charge in [-0.3, -0.25) is 0 Å². The van der Waals surface area contributed by atoms with Gasteiger partial charge in [-0.15, -0.1) is 22.7 Å². The Morgan fingerprint density at radius 1 is 1.47 bits per heavy atom. The SMILES string of the molecule is Cc1sc(C(O)c2nc(Br)cs2)cc1Br. The molecule has 0 radical (unpaired) electrons. The van der Waals surface area contributed by atoms with Gasteiger partial charge in [0.1, 0.15) is 15.7 Å². The highest BCUT2D eigenvalue weighted by atomic mass is 79.9. The molecule has 80 valence electrons. The lowest BCUT2D eigenvalue weighted by molar-refractivity contribution is 0.223. The lowest BCUT2D eigenvalue weighted by Crippen LogP contribution is -1.95. The van der Waals surface area contributed by atoms with E-state index in [4.69, 9.17) is 0 Å². The molecule has 15 heavy (non-hydrogen) atoms. The molecule has 0 saturated heterocycles. The Labute approximate surface area is 112 Å². The highest BCUT2D eigenvalue weighted by Crippen LogP contribution is 2.35. The van der Waals surface area contributed by atoms with E-state index in [1.165, 1.54) is 16.2 Å². The smallest absolute Gasteiger partial charge is 0.140 e. The van der Waals surface area contributed by atoms with Crippen LogP contribution in [0.25, 0.3) is 0 Å². The molecule has 0 aliphatic rings. The molecule has 0 spiro atoms. The van der Waals surface area contributed by atoms with Crippen LogP contribution in [0.3, 0.4) is 0 Å². The van der Waals surface area contributed by atoms with E-state index < -0.39 is 6.10 Å². The highest BCUT2D eigenvalue weighted by molar-refractivity contribution is 9.10. The van der Waals surface area contributed by atoms with Gasteiger partial charge in [-0.05, 0) is 44.8 Å². The van der Waals surface area contributed by atoms with Crippen molar-refractivity contribution in [3.63, 3.8) is 0 Å². The minimum atomic E-state index is -0.615. The van der Waals surface area contributed by atoms with Gasteiger partial charge in [-0.1, -0.05) is 0 Å². The van der Waals surface area contributed by atoms with Crippen molar-refractivity contribution in [1.29, 1.82) is 0 Å². The van der Waals surface area contributed by atoms with Crippen molar-refractivity contribution in [3.05, 3.63) is 35.3 Å². The number of hydrogen-bond acceptors (Lipinski definition) is 4. The van der Waals surface area contributed by atoms with Gasteiger partial charge in [0, 0.05) is 19.6 Å². The third-order valence-electron chi connectivity index (χ3n) is 1.87. The van der Waals surface area contributed by atoms with Gasteiger partial charge < -0.3 is 5.11 Å². The Morgan fingerprint density at radius 2 is 2.20 bits per heavy atom. The van der Waals surface area contributed by atoms with E-state index in [1.54, 1.807) is 11.3 Å². The zero-order valence-electron chi connectivity index (χ0n) is 7.70. The molecule has 2 aromatic rings. The van der Waals surface area contributed by atoms with Gasteiger partial charge in [0.25, 0.3) is 0 Å². The fraction of sp³-hybridized carbons (Fsp3) is 0.222. The number of halogens is 2.